The van der Waals surface area contributed by atoms with Crippen molar-refractivity contribution in [2.45, 2.75) is 44.2 Å². The van der Waals surface area contributed by atoms with Gasteiger partial charge in [-0.1, -0.05) is 30.5 Å². The van der Waals surface area contributed by atoms with E-state index < -0.39 is 17.8 Å². The van der Waals surface area contributed by atoms with E-state index in [4.69, 9.17) is 11.6 Å². The Hall–Kier alpha value is -2.93. The third kappa shape index (κ3) is 4.35. The van der Waals surface area contributed by atoms with Gasteiger partial charge in [-0.15, -0.1) is 0 Å². The van der Waals surface area contributed by atoms with Gasteiger partial charge >= 0.3 is 0 Å². The summed E-state index contributed by atoms with van der Waals surface area (Å²) >= 11 is 6.09. The van der Waals surface area contributed by atoms with Gasteiger partial charge in [-0.05, 0) is 61.6 Å². The minimum atomic E-state index is -0.674. The molecule has 1 saturated heterocycles. The number of rotatable bonds is 4. The van der Waals surface area contributed by atoms with E-state index in [0.29, 0.717) is 22.7 Å². The summed E-state index contributed by atoms with van der Waals surface area (Å²) in [6.07, 6.45) is 4.51. The van der Waals surface area contributed by atoms with Crippen LogP contribution < -0.4 is 10.6 Å². The van der Waals surface area contributed by atoms with Crippen LogP contribution >= 0.6 is 11.6 Å². The first-order valence-electron chi connectivity index (χ1n) is 10.8. The van der Waals surface area contributed by atoms with Crippen LogP contribution in [0.2, 0.25) is 5.02 Å². The first-order chi connectivity index (χ1) is 15.4. The van der Waals surface area contributed by atoms with E-state index in [-0.39, 0.29) is 29.3 Å². The lowest BCUT2D eigenvalue weighted by atomic mass is 9.84. The van der Waals surface area contributed by atoms with Crippen LogP contribution in [0.25, 0.3) is 0 Å². The number of halogens is 2. The van der Waals surface area contributed by atoms with Crippen LogP contribution in [0.3, 0.4) is 0 Å². The second-order valence-electron chi connectivity index (χ2n) is 8.35. The molecule has 3 unspecified atom stereocenters. The number of nitrogens with zero attached hydrogens (tertiary/aromatic N) is 1. The van der Waals surface area contributed by atoms with Gasteiger partial charge in [0.2, 0.25) is 5.91 Å². The molecule has 2 aromatic carbocycles. The van der Waals surface area contributed by atoms with Crippen LogP contribution in [0.5, 0.6) is 0 Å². The molecule has 1 aliphatic heterocycles. The maximum atomic E-state index is 14.0. The Kier molecular flexibility index (Phi) is 6.46. The van der Waals surface area contributed by atoms with E-state index in [9.17, 15) is 18.8 Å². The van der Waals surface area contributed by atoms with Crippen molar-refractivity contribution in [3.8, 4) is 0 Å². The Morgan fingerprint density at radius 1 is 1.09 bits per heavy atom. The molecule has 3 atom stereocenters. The summed E-state index contributed by atoms with van der Waals surface area (Å²) in [5, 5.41) is 5.63. The van der Waals surface area contributed by atoms with Gasteiger partial charge in [0.25, 0.3) is 11.8 Å². The average molecular weight is 458 g/mol. The molecule has 168 valence electrons. The highest BCUT2D eigenvalue weighted by molar-refractivity contribution is 6.31. The van der Waals surface area contributed by atoms with Gasteiger partial charge < -0.3 is 15.5 Å². The number of carbonyl (C=O) groups is 3. The predicted molar refractivity (Wildman–Crippen MR) is 120 cm³/mol. The van der Waals surface area contributed by atoms with Crippen molar-refractivity contribution in [3.05, 3.63) is 64.4 Å². The zero-order valence-electron chi connectivity index (χ0n) is 17.7. The minimum absolute atomic E-state index is 0.000583. The van der Waals surface area contributed by atoms with Gasteiger partial charge in [0.15, 0.2) is 0 Å². The number of nitrogens with one attached hydrogen (secondary N) is 2. The molecule has 6 nitrogen and oxygen atoms in total. The maximum absolute atomic E-state index is 14.0. The molecular formula is C24H25ClFN3O3. The highest BCUT2D eigenvalue weighted by atomic mass is 35.5. The molecule has 8 heteroatoms. The van der Waals surface area contributed by atoms with Crippen LogP contribution in [0, 0.1) is 11.7 Å². The molecule has 0 aromatic heterocycles. The number of hydrogen-bond acceptors (Lipinski definition) is 3. The van der Waals surface area contributed by atoms with E-state index in [1.165, 1.54) is 19.2 Å². The molecule has 2 aliphatic rings. The van der Waals surface area contributed by atoms with Gasteiger partial charge in [-0.3, -0.25) is 14.4 Å². The van der Waals surface area contributed by atoms with Crippen molar-refractivity contribution in [3.63, 3.8) is 0 Å². The molecule has 1 heterocycles. The summed E-state index contributed by atoms with van der Waals surface area (Å²) in [6, 6.07) is 9.95. The first-order valence-corrected chi connectivity index (χ1v) is 11.2. The van der Waals surface area contributed by atoms with Gasteiger partial charge in [0.05, 0.1) is 5.56 Å². The maximum Gasteiger partial charge on any atom is 0.254 e. The van der Waals surface area contributed by atoms with Crippen LogP contribution in [0.4, 0.5) is 10.1 Å². The first kappa shape index (κ1) is 22.3. The van der Waals surface area contributed by atoms with Gasteiger partial charge in [-0.25, -0.2) is 4.39 Å². The van der Waals surface area contributed by atoms with Crippen LogP contribution in [0.1, 0.15) is 52.8 Å². The predicted octanol–water partition coefficient (Wildman–Crippen LogP) is 4.25. The Balaban J connectivity index is 1.61. The Bertz CT molecular complexity index is 1060. The van der Waals surface area contributed by atoms with E-state index in [1.54, 1.807) is 29.2 Å². The van der Waals surface area contributed by atoms with Gasteiger partial charge in [0, 0.05) is 29.4 Å². The van der Waals surface area contributed by atoms with E-state index >= 15 is 0 Å². The second kappa shape index (κ2) is 9.28. The third-order valence-electron chi connectivity index (χ3n) is 6.40. The van der Waals surface area contributed by atoms with Crippen molar-refractivity contribution >= 4 is 35.0 Å². The number of amides is 3. The normalized spacial score (nSPS) is 22.2. The Morgan fingerprint density at radius 3 is 2.62 bits per heavy atom. The Morgan fingerprint density at radius 2 is 1.88 bits per heavy atom. The highest BCUT2D eigenvalue weighted by Gasteiger charge is 2.47. The average Bonchev–Trinajstić information content (AvgIpc) is 3.19. The van der Waals surface area contributed by atoms with Crippen molar-refractivity contribution in [2.75, 3.05) is 12.4 Å². The van der Waals surface area contributed by atoms with Crippen LogP contribution in [-0.4, -0.2) is 41.8 Å². The highest BCUT2D eigenvalue weighted by Crippen LogP contribution is 2.41. The third-order valence-corrected chi connectivity index (χ3v) is 6.64. The molecule has 1 aliphatic carbocycles. The molecule has 2 aromatic rings. The summed E-state index contributed by atoms with van der Waals surface area (Å²) in [6.45, 7) is 0. The lowest BCUT2D eigenvalue weighted by Crippen LogP contribution is -2.47. The number of fused-ring (bicyclic) bond motifs is 1. The summed E-state index contributed by atoms with van der Waals surface area (Å²) in [7, 11) is 1.41. The summed E-state index contributed by atoms with van der Waals surface area (Å²) < 4.78 is 14.0. The number of carbonyl (C=O) groups excluding carboxylic acids is 3. The molecule has 1 saturated carbocycles. The largest absolute Gasteiger partial charge is 0.355 e. The van der Waals surface area contributed by atoms with Crippen molar-refractivity contribution < 1.29 is 18.8 Å². The van der Waals surface area contributed by atoms with Gasteiger partial charge in [0.1, 0.15) is 11.9 Å². The van der Waals surface area contributed by atoms with Crippen LogP contribution in [0.15, 0.2) is 42.5 Å². The zero-order valence-corrected chi connectivity index (χ0v) is 18.5. The molecule has 0 bridgehead atoms. The molecule has 3 amide bonds. The molecular weight excluding hydrogens is 433 g/mol. The topological polar surface area (TPSA) is 78.5 Å². The van der Waals surface area contributed by atoms with Crippen LogP contribution in [-0.2, 0) is 4.79 Å². The van der Waals surface area contributed by atoms with Crippen molar-refractivity contribution in [2.24, 2.45) is 5.92 Å². The SMILES string of the molecule is CNC(=O)c1cc(NC(=O)C2CC3CCCCC3N2C(=O)c2cccc(Cl)c2)ccc1F. The minimum Gasteiger partial charge on any atom is -0.355 e. The number of hydrogen-bond donors (Lipinski definition) is 2. The monoisotopic (exact) mass is 457 g/mol. The summed E-state index contributed by atoms with van der Waals surface area (Å²) in [5.41, 5.74) is 0.600. The summed E-state index contributed by atoms with van der Waals surface area (Å²) in [4.78, 5) is 40.3. The lowest BCUT2D eigenvalue weighted by molar-refractivity contribution is -0.120. The molecule has 2 N–H and O–H groups in total. The second-order valence-corrected chi connectivity index (χ2v) is 8.79. The standard InChI is InChI=1S/C24H25ClFN3O3/c1-27-22(30)18-13-17(9-10-19(18)26)28-23(31)21-12-14-5-2-3-8-20(14)29(21)24(32)15-6-4-7-16(25)11-15/h4,6-7,9-11,13-14,20-21H,2-3,5,8,12H2,1H3,(H,27,30)(H,28,31). The Labute approximate surface area is 191 Å². The lowest BCUT2D eigenvalue weighted by Gasteiger charge is -2.33. The zero-order chi connectivity index (χ0) is 22.8. The fourth-order valence-electron chi connectivity index (χ4n) is 4.89. The van der Waals surface area contributed by atoms with E-state index in [1.807, 2.05) is 0 Å². The number of likely N-dealkylation sites (tertiary alicyclic amines) is 1. The summed E-state index contributed by atoms with van der Waals surface area (Å²) in [5.74, 6) is -1.55. The molecule has 32 heavy (non-hydrogen) atoms. The van der Waals surface area contributed by atoms with E-state index in [0.717, 1.165) is 31.7 Å². The number of benzene rings is 2. The smallest absolute Gasteiger partial charge is 0.254 e. The van der Waals surface area contributed by atoms with E-state index in [2.05, 4.69) is 10.6 Å². The van der Waals surface area contributed by atoms with Crippen molar-refractivity contribution in [1.82, 2.24) is 10.2 Å². The fraction of sp³-hybridized carbons (Fsp3) is 0.375. The molecule has 0 radical (unpaired) electrons. The number of anilines is 1. The quantitative estimate of drug-likeness (QED) is 0.720. The molecule has 4 rings (SSSR count). The van der Waals surface area contributed by atoms with Gasteiger partial charge in [-0.2, -0.15) is 0 Å². The molecule has 2 fully saturated rings. The molecule has 0 spiro atoms. The fourth-order valence-corrected chi connectivity index (χ4v) is 5.08. The van der Waals surface area contributed by atoms with Crippen molar-refractivity contribution in [1.29, 1.82) is 0 Å².